The van der Waals surface area contributed by atoms with E-state index in [-0.39, 0.29) is 12.4 Å². The summed E-state index contributed by atoms with van der Waals surface area (Å²) in [7, 11) is 0. The zero-order valence-corrected chi connectivity index (χ0v) is 7.87. The second kappa shape index (κ2) is 8.16. The first-order valence-electron chi connectivity index (χ1n) is 4.12. The summed E-state index contributed by atoms with van der Waals surface area (Å²) in [5.74, 6) is -0.968. The average Bonchev–Trinajstić information content (AvgIpc) is 2.20. The number of benzene rings is 1. The maximum atomic E-state index is 11.9. The van der Waals surface area contributed by atoms with Crippen LogP contribution in [0.3, 0.4) is 0 Å². The molecule has 0 saturated heterocycles. The summed E-state index contributed by atoms with van der Waals surface area (Å²) in [5, 5.41) is 0. The number of halogens is 2. The van der Waals surface area contributed by atoms with Crippen molar-refractivity contribution in [3.63, 3.8) is 0 Å². The molecule has 0 aliphatic heterocycles. The monoisotopic (exact) mass is 202 g/mol. The van der Waals surface area contributed by atoms with Crippen LogP contribution in [0.25, 0.3) is 0 Å². The third-order valence-corrected chi connectivity index (χ3v) is 1.15. The van der Waals surface area contributed by atoms with Gasteiger partial charge in [-0.1, -0.05) is 18.2 Å². The number of carbonyl (C=O) groups excluding carboxylic acids is 1. The molecular formula is C10H12F2O2. The van der Waals surface area contributed by atoms with E-state index >= 15 is 0 Å². The molecule has 1 aromatic rings. The number of esters is 1. The molecule has 0 aliphatic carbocycles. The fraction of sp³-hybridized carbons (Fsp3) is 0.300. The predicted molar refractivity (Wildman–Crippen MR) is 49.0 cm³/mol. The van der Waals surface area contributed by atoms with Crippen molar-refractivity contribution in [3.8, 4) is 0 Å². The second-order valence-electron chi connectivity index (χ2n) is 2.23. The van der Waals surface area contributed by atoms with Gasteiger partial charge in [0.1, 0.15) is 5.82 Å². The largest absolute Gasteiger partial charge is 0.464 e. The Bertz CT molecular complexity index is 250. The van der Waals surface area contributed by atoms with Crippen molar-refractivity contribution in [3.05, 3.63) is 36.1 Å². The minimum atomic E-state index is -1.02. The molecule has 0 N–H and O–H groups in total. The first kappa shape index (κ1) is 12.6. The van der Waals surface area contributed by atoms with Gasteiger partial charge in [0.15, 0.2) is 6.67 Å². The maximum absolute atomic E-state index is 11.9. The number of carbonyl (C=O) groups is 1. The van der Waals surface area contributed by atoms with Gasteiger partial charge in [0.2, 0.25) is 0 Å². The highest BCUT2D eigenvalue weighted by atomic mass is 19.1. The molecule has 0 atom stereocenters. The molecule has 1 rings (SSSR count). The number of hydrogen-bond acceptors (Lipinski definition) is 2. The van der Waals surface area contributed by atoms with Gasteiger partial charge >= 0.3 is 5.97 Å². The van der Waals surface area contributed by atoms with Crippen LogP contribution in [0.1, 0.15) is 6.92 Å². The SMILES string of the molecule is CCOC(=O)CF.Fc1ccccc1. The van der Waals surface area contributed by atoms with Gasteiger partial charge in [-0.3, -0.25) is 0 Å². The fourth-order valence-electron chi connectivity index (χ4n) is 0.614. The summed E-state index contributed by atoms with van der Waals surface area (Å²) in [6, 6.07) is 7.94. The molecule has 0 saturated carbocycles. The molecule has 0 heterocycles. The molecule has 78 valence electrons. The van der Waals surface area contributed by atoms with Crippen molar-refractivity contribution in [2.24, 2.45) is 0 Å². The molecular weight excluding hydrogens is 190 g/mol. The van der Waals surface area contributed by atoms with Crippen molar-refractivity contribution in [2.75, 3.05) is 13.3 Å². The third kappa shape index (κ3) is 7.21. The number of alkyl halides is 1. The first-order chi connectivity index (χ1) is 6.70. The smallest absolute Gasteiger partial charge is 0.337 e. The lowest BCUT2D eigenvalue weighted by molar-refractivity contribution is -0.144. The van der Waals surface area contributed by atoms with E-state index in [9.17, 15) is 13.6 Å². The van der Waals surface area contributed by atoms with E-state index < -0.39 is 12.6 Å². The van der Waals surface area contributed by atoms with Crippen molar-refractivity contribution >= 4 is 5.97 Å². The van der Waals surface area contributed by atoms with E-state index in [2.05, 4.69) is 4.74 Å². The van der Waals surface area contributed by atoms with E-state index in [1.165, 1.54) is 12.1 Å². The molecule has 0 aliphatic rings. The lowest BCUT2D eigenvalue weighted by Gasteiger charge is -1.92. The number of ether oxygens (including phenoxy) is 1. The Labute approximate surface area is 81.5 Å². The molecule has 0 bridgehead atoms. The fourth-order valence-corrected chi connectivity index (χ4v) is 0.614. The zero-order chi connectivity index (χ0) is 10.8. The maximum Gasteiger partial charge on any atom is 0.337 e. The Balaban J connectivity index is 0.000000241. The van der Waals surface area contributed by atoms with Crippen LogP contribution in [0.15, 0.2) is 30.3 Å². The van der Waals surface area contributed by atoms with Crippen molar-refractivity contribution in [1.29, 1.82) is 0 Å². The van der Waals surface area contributed by atoms with Crippen molar-refractivity contribution in [2.45, 2.75) is 6.92 Å². The first-order valence-corrected chi connectivity index (χ1v) is 4.12. The number of hydrogen-bond donors (Lipinski definition) is 0. The molecule has 0 amide bonds. The highest BCUT2D eigenvalue weighted by Crippen LogP contribution is 1.91. The van der Waals surface area contributed by atoms with Crippen LogP contribution in [-0.2, 0) is 9.53 Å². The Morgan fingerprint density at radius 1 is 1.36 bits per heavy atom. The summed E-state index contributed by atoms with van der Waals surface area (Å²) < 4.78 is 27.2. The summed E-state index contributed by atoms with van der Waals surface area (Å²) in [6.45, 7) is 0.865. The van der Waals surface area contributed by atoms with Crippen LogP contribution >= 0.6 is 0 Å². The van der Waals surface area contributed by atoms with Crippen LogP contribution in [-0.4, -0.2) is 19.3 Å². The van der Waals surface area contributed by atoms with E-state index in [0.717, 1.165) is 0 Å². The second-order valence-corrected chi connectivity index (χ2v) is 2.23. The minimum Gasteiger partial charge on any atom is -0.464 e. The van der Waals surface area contributed by atoms with Crippen LogP contribution in [0.4, 0.5) is 8.78 Å². The van der Waals surface area contributed by atoms with Gasteiger partial charge < -0.3 is 4.74 Å². The van der Waals surface area contributed by atoms with Gasteiger partial charge in [-0.15, -0.1) is 0 Å². The topological polar surface area (TPSA) is 26.3 Å². The highest BCUT2D eigenvalue weighted by molar-refractivity contribution is 5.70. The summed E-state index contributed by atoms with van der Waals surface area (Å²) in [6.07, 6.45) is 0. The molecule has 2 nitrogen and oxygen atoms in total. The molecule has 0 radical (unpaired) electrons. The van der Waals surface area contributed by atoms with Gasteiger partial charge in [0, 0.05) is 0 Å². The van der Waals surface area contributed by atoms with Gasteiger partial charge in [0.25, 0.3) is 0 Å². The minimum absolute atomic E-state index is 0.178. The van der Waals surface area contributed by atoms with E-state index in [4.69, 9.17) is 0 Å². The van der Waals surface area contributed by atoms with Crippen LogP contribution in [0.2, 0.25) is 0 Å². The summed E-state index contributed by atoms with van der Waals surface area (Å²) >= 11 is 0. The van der Waals surface area contributed by atoms with Crippen LogP contribution in [0, 0.1) is 5.82 Å². The molecule has 0 unspecified atom stereocenters. The van der Waals surface area contributed by atoms with Gasteiger partial charge in [-0.2, -0.15) is 0 Å². The molecule has 4 heteroatoms. The average molecular weight is 202 g/mol. The summed E-state index contributed by atoms with van der Waals surface area (Å²) in [5.41, 5.74) is 0. The third-order valence-electron chi connectivity index (χ3n) is 1.15. The molecule has 14 heavy (non-hydrogen) atoms. The normalized spacial score (nSPS) is 8.50. The molecule has 0 spiro atoms. The standard InChI is InChI=1S/C6H5F.C4H7FO2/c7-6-4-2-1-3-5-6;1-2-7-4(6)3-5/h1-5H;2-3H2,1H3. The molecule has 0 aromatic heterocycles. The van der Waals surface area contributed by atoms with Crippen molar-refractivity contribution in [1.82, 2.24) is 0 Å². The highest BCUT2D eigenvalue weighted by Gasteiger charge is 1.94. The van der Waals surface area contributed by atoms with Crippen LogP contribution in [0.5, 0.6) is 0 Å². The van der Waals surface area contributed by atoms with Crippen molar-refractivity contribution < 1.29 is 18.3 Å². The quantitative estimate of drug-likeness (QED) is 0.688. The number of rotatable bonds is 2. The van der Waals surface area contributed by atoms with Gasteiger partial charge in [-0.25, -0.2) is 13.6 Å². The Morgan fingerprint density at radius 3 is 2.14 bits per heavy atom. The van der Waals surface area contributed by atoms with Crippen LogP contribution < -0.4 is 0 Å². The van der Waals surface area contributed by atoms with E-state index in [1.54, 1.807) is 25.1 Å². The zero-order valence-electron chi connectivity index (χ0n) is 7.87. The Hall–Kier alpha value is -1.45. The van der Waals surface area contributed by atoms with E-state index in [0.29, 0.717) is 0 Å². The van der Waals surface area contributed by atoms with Gasteiger partial charge in [0.05, 0.1) is 6.61 Å². The predicted octanol–water partition coefficient (Wildman–Crippen LogP) is 2.34. The lowest BCUT2D eigenvalue weighted by atomic mass is 10.4. The Kier molecular flexibility index (Phi) is 7.32. The summed E-state index contributed by atoms with van der Waals surface area (Å²) in [4.78, 5) is 9.81. The van der Waals surface area contributed by atoms with Gasteiger partial charge in [-0.05, 0) is 19.1 Å². The van der Waals surface area contributed by atoms with E-state index in [1.807, 2.05) is 0 Å². The molecule has 0 fully saturated rings. The molecule has 1 aromatic carbocycles. The lowest BCUT2D eigenvalue weighted by Crippen LogP contribution is -2.04. The Morgan fingerprint density at radius 2 is 1.93 bits per heavy atom.